The van der Waals surface area contributed by atoms with Crippen LogP contribution in [0.4, 0.5) is 5.13 Å². The molecule has 4 heterocycles. The monoisotopic (exact) mass is 560 g/mol. The molecular weight excluding hydrogens is 547 g/mol. The number of nitrogens with zero attached hydrogens (tertiary/aromatic N) is 4. The summed E-state index contributed by atoms with van der Waals surface area (Å²) >= 11 is 16.1. The summed E-state index contributed by atoms with van der Waals surface area (Å²) in [6.45, 7) is 0. The van der Waals surface area contributed by atoms with Crippen LogP contribution in [-0.4, -0.2) is 32.0 Å². The maximum Gasteiger partial charge on any atom is 0.296 e. The Hall–Kier alpha value is -2.76. The first-order valence-electron chi connectivity index (χ1n) is 10.1. The van der Waals surface area contributed by atoms with Crippen molar-refractivity contribution in [3.63, 3.8) is 0 Å². The Labute approximate surface area is 222 Å². The van der Waals surface area contributed by atoms with Gasteiger partial charge >= 0.3 is 0 Å². The molecule has 1 aromatic carbocycles. The van der Waals surface area contributed by atoms with E-state index in [4.69, 9.17) is 23.2 Å². The van der Waals surface area contributed by atoms with Gasteiger partial charge in [-0.15, -0.1) is 21.5 Å². The van der Waals surface area contributed by atoms with Crippen LogP contribution in [0.15, 0.2) is 75.9 Å². The molecule has 0 spiro atoms. The molecule has 0 aliphatic carbocycles. The number of carbonyl (C=O) groups is 2. The molecule has 0 fully saturated rings. The molecule has 12 heteroatoms. The standard InChI is InChI=1S/C23H14Cl2N4O3S3/c24-14-6-5-13(15(25)9-14)11-34-23-28-27-22(35-23)29-18(12-3-1-7-26-10-12)17(20(31)21(29)32)19(30)16-4-2-8-33-16/h1-10,18,31H,11H2. The van der Waals surface area contributed by atoms with Gasteiger partial charge in [0.2, 0.25) is 10.9 Å². The number of aliphatic hydroxyl groups excluding tert-OH is 1. The fraction of sp³-hybridized carbons (Fsp3) is 0.0870. The lowest BCUT2D eigenvalue weighted by Crippen LogP contribution is -2.31. The van der Waals surface area contributed by atoms with Gasteiger partial charge in [0.25, 0.3) is 5.91 Å². The maximum absolute atomic E-state index is 13.3. The number of anilines is 1. The van der Waals surface area contributed by atoms with Crippen molar-refractivity contribution in [2.24, 2.45) is 0 Å². The molecule has 176 valence electrons. The minimum Gasteiger partial charge on any atom is -0.503 e. The van der Waals surface area contributed by atoms with Gasteiger partial charge in [-0.1, -0.05) is 64.5 Å². The second-order valence-electron chi connectivity index (χ2n) is 7.31. The number of rotatable bonds is 7. The van der Waals surface area contributed by atoms with E-state index in [9.17, 15) is 14.7 Å². The Morgan fingerprint density at radius 3 is 2.74 bits per heavy atom. The quantitative estimate of drug-likeness (QED) is 0.159. The van der Waals surface area contributed by atoms with Gasteiger partial charge in [0, 0.05) is 28.2 Å². The van der Waals surface area contributed by atoms with Gasteiger partial charge in [-0.2, -0.15) is 0 Å². The zero-order valence-corrected chi connectivity index (χ0v) is 21.6. The molecule has 1 atom stereocenters. The van der Waals surface area contributed by atoms with Crippen molar-refractivity contribution >= 4 is 74.5 Å². The second-order valence-corrected chi connectivity index (χ2v) is 11.3. The van der Waals surface area contributed by atoms with Gasteiger partial charge in [-0.25, -0.2) is 0 Å². The molecule has 35 heavy (non-hydrogen) atoms. The summed E-state index contributed by atoms with van der Waals surface area (Å²) in [5.41, 5.74) is 1.44. The Morgan fingerprint density at radius 2 is 2.03 bits per heavy atom. The number of thioether (sulfide) groups is 1. The molecule has 0 bridgehead atoms. The number of aliphatic hydroxyl groups is 1. The molecule has 3 aromatic heterocycles. The van der Waals surface area contributed by atoms with E-state index in [0.717, 1.165) is 5.56 Å². The van der Waals surface area contributed by atoms with Crippen LogP contribution in [0.5, 0.6) is 0 Å². The number of aromatic nitrogens is 3. The van der Waals surface area contributed by atoms with E-state index >= 15 is 0 Å². The number of ketones is 1. The Balaban J connectivity index is 1.46. The van der Waals surface area contributed by atoms with E-state index in [2.05, 4.69) is 15.2 Å². The third-order valence-corrected chi connectivity index (χ3v) is 8.73. The molecule has 0 saturated carbocycles. The first-order chi connectivity index (χ1) is 16.9. The first-order valence-corrected chi connectivity index (χ1v) is 13.5. The summed E-state index contributed by atoms with van der Waals surface area (Å²) in [4.78, 5) is 32.3. The molecule has 1 N–H and O–H groups in total. The lowest BCUT2D eigenvalue weighted by atomic mass is 9.97. The number of thiophene rings is 1. The number of hydrogen-bond donors (Lipinski definition) is 1. The zero-order valence-electron chi connectivity index (χ0n) is 17.6. The van der Waals surface area contributed by atoms with Crippen molar-refractivity contribution < 1.29 is 14.7 Å². The highest BCUT2D eigenvalue weighted by molar-refractivity contribution is 8.00. The van der Waals surface area contributed by atoms with Crippen molar-refractivity contribution in [3.8, 4) is 0 Å². The summed E-state index contributed by atoms with van der Waals surface area (Å²) < 4.78 is 0.598. The van der Waals surface area contributed by atoms with Crippen LogP contribution in [0.25, 0.3) is 0 Å². The van der Waals surface area contributed by atoms with E-state index in [-0.39, 0.29) is 10.7 Å². The zero-order chi connectivity index (χ0) is 24.5. The fourth-order valence-electron chi connectivity index (χ4n) is 3.56. The van der Waals surface area contributed by atoms with Crippen LogP contribution < -0.4 is 4.90 Å². The molecule has 1 aliphatic rings. The first kappa shape index (κ1) is 24.0. The minimum atomic E-state index is -0.887. The van der Waals surface area contributed by atoms with Crippen LogP contribution in [0.1, 0.15) is 26.8 Å². The smallest absolute Gasteiger partial charge is 0.296 e. The van der Waals surface area contributed by atoms with Gasteiger partial charge in [0.05, 0.1) is 16.5 Å². The summed E-state index contributed by atoms with van der Waals surface area (Å²) in [7, 11) is 0. The van der Waals surface area contributed by atoms with Gasteiger partial charge in [0.15, 0.2) is 10.1 Å². The predicted octanol–water partition coefficient (Wildman–Crippen LogP) is 6.38. The highest BCUT2D eigenvalue weighted by atomic mass is 35.5. The molecular formula is C23H14Cl2N4O3S3. The van der Waals surface area contributed by atoms with E-state index in [1.54, 1.807) is 54.2 Å². The lowest BCUT2D eigenvalue weighted by molar-refractivity contribution is -0.117. The van der Waals surface area contributed by atoms with Crippen molar-refractivity contribution in [1.82, 2.24) is 15.2 Å². The average molecular weight is 561 g/mol. The molecule has 1 amide bonds. The van der Waals surface area contributed by atoms with E-state index < -0.39 is 23.5 Å². The number of halogens is 2. The second kappa shape index (κ2) is 10.1. The van der Waals surface area contributed by atoms with Crippen LogP contribution in [-0.2, 0) is 10.5 Å². The number of benzene rings is 1. The Bertz CT molecular complexity index is 1440. The van der Waals surface area contributed by atoms with Crippen molar-refractivity contribution in [2.45, 2.75) is 16.1 Å². The van der Waals surface area contributed by atoms with Crippen molar-refractivity contribution in [2.75, 3.05) is 4.90 Å². The SMILES string of the molecule is O=C(C1=C(O)C(=O)N(c2nnc(SCc3ccc(Cl)cc3Cl)s2)C1c1cccnc1)c1cccs1. The third-order valence-electron chi connectivity index (χ3n) is 5.17. The normalized spacial score (nSPS) is 15.8. The summed E-state index contributed by atoms with van der Waals surface area (Å²) in [6, 6.07) is 11.2. The largest absolute Gasteiger partial charge is 0.503 e. The van der Waals surface area contributed by atoms with Gasteiger partial charge in [0.1, 0.15) is 0 Å². The summed E-state index contributed by atoms with van der Waals surface area (Å²) in [5, 5.41) is 22.3. The van der Waals surface area contributed by atoms with Crippen molar-refractivity contribution in [1.29, 1.82) is 0 Å². The molecule has 1 aliphatic heterocycles. The van der Waals surface area contributed by atoms with Gasteiger partial charge < -0.3 is 5.11 Å². The molecule has 4 aromatic rings. The topological polar surface area (TPSA) is 96.3 Å². The minimum absolute atomic E-state index is 0.0113. The highest BCUT2D eigenvalue weighted by Gasteiger charge is 2.46. The number of hydrogen-bond acceptors (Lipinski definition) is 9. The molecule has 0 saturated heterocycles. The van der Waals surface area contributed by atoms with Crippen LogP contribution >= 0.6 is 57.6 Å². The number of carbonyl (C=O) groups excluding carboxylic acids is 2. The van der Waals surface area contributed by atoms with Crippen LogP contribution in [0.3, 0.4) is 0 Å². The van der Waals surface area contributed by atoms with Crippen LogP contribution in [0.2, 0.25) is 10.0 Å². The van der Waals surface area contributed by atoms with Crippen LogP contribution in [0, 0.1) is 0 Å². The van der Waals surface area contributed by atoms with Gasteiger partial charge in [-0.05, 0) is 40.8 Å². The molecule has 5 rings (SSSR count). The molecule has 0 radical (unpaired) electrons. The van der Waals surface area contributed by atoms with E-state index in [1.165, 1.54) is 39.3 Å². The number of amides is 1. The number of pyridine rings is 1. The molecule has 1 unspecified atom stereocenters. The van der Waals surface area contributed by atoms with E-state index in [1.807, 2.05) is 6.07 Å². The summed E-state index contributed by atoms with van der Waals surface area (Å²) in [5.74, 6) is -1.21. The maximum atomic E-state index is 13.3. The fourth-order valence-corrected chi connectivity index (χ4v) is 6.67. The third kappa shape index (κ3) is 4.72. The average Bonchev–Trinajstić information content (AvgIpc) is 3.60. The molecule has 7 nitrogen and oxygen atoms in total. The van der Waals surface area contributed by atoms with Crippen molar-refractivity contribution in [3.05, 3.63) is 97.6 Å². The van der Waals surface area contributed by atoms with Gasteiger partial charge in [-0.3, -0.25) is 19.5 Å². The Kier molecular flexibility index (Phi) is 6.90. The predicted molar refractivity (Wildman–Crippen MR) is 139 cm³/mol. The Morgan fingerprint density at radius 1 is 1.17 bits per heavy atom. The lowest BCUT2D eigenvalue weighted by Gasteiger charge is -2.23. The summed E-state index contributed by atoms with van der Waals surface area (Å²) in [6.07, 6.45) is 3.15. The van der Waals surface area contributed by atoms with E-state index in [0.29, 0.717) is 30.6 Å². The highest BCUT2D eigenvalue weighted by Crippen LogP contribution is 2.44. The number of Topliss-reactive ketones (excluding diaryl/α,β-unsaturated/α-hetero) is 1.